The van der Waals surface area contributed by atoms with Gasteiger partial charge < -0.3 is 10.1 Å². The molecule has 2 heterocycles. The van der Waals surface area contributed by atoms with Crippen molar-refractivity contribution in [3.63, 3.8) is 0 Å². The third-order valence-electron chi connectivity index (χ3n) is 6.69. The monoisotopic (exact) mass is 426 g/mol. The van der Waals surface area contributed by atoms with Crippen LogP contribution in [0.5, 0.6) is 0 Å². The van der Waals surface area contributed by atoms with Crippen LogP contribution in [0.15, 0.2) is 42.0 Å². The molecule has 31 heavy (non-hydrogen) atoms. The molecule has 3 atom stereocenters. The highest BCUT2D eigenvalue weighted by atomic mass is 16.5. The lowest BCUT2D eigenvalue weighted by molar-refractivity contribution is -0.130. The molecule has 3 unspecified atom stereocenters. The Balaban J connectivity index is 1.44. The van der Waals surface area contributed by atoms with E-state index in [-0.39, 0.29) is 29.7 Å². The highest BCUT2D eigenvalue weighted by molar-refractivity contribution is 5.98. The van der Waals surface area contributed by atoms with Gasteiger partial charge in [-0.3, -0.25) is 14.5 Å². The molecule has 168 valence electrons. The summed E-state index contributed by atoms with van der Waals surface area (Å²) < 4.78 is 5.24. The number of anilines is 1. The molecule has 7 heteroatoms. The van der Waals surface area contributed by atoms with Gasteiger partial charge in [0.2, 0.25) is 11.8 Å². The number of nitrogens with zero attached hydrogens (tertiary/aromatic N) is 2. The number of piperidine rings is 1. The number of benzene rings is 1. The molecular formula is C24H34N4O3. The maximum Gasteiger partial charge on any atom is 0.247 e. The van der Waals surface area contributed by atoms with Crippen molar-refractivity contribution >= 4 is 17.5 Å². The van der Waals surface area contributed by atoms with Crippen LogP contribution < -0.4 is 15.8 Å². The standard InChI is InChI=1S/C24H34N4O3/c1-31-15-14-27-16-20(23(29)25-13-12-18-8-4-2-5-9-18)22-21(17-27)24(30)28(26-22)19-10-6-3-7-11-19/h3,6-8,10-11,20-22,26H,2,4-5,9,12-17H2,1H3,(H,25,29). The Morgan fingerprint density at radius 2 is 2.06 bits per heavy atom. The molecule has 2 fully saturated rings. The number of fused-ring (bicyclic) bond motifs is 1. The molecule has 4 rings (SSSR count). The zero-order valence-electron chi connectivity index (χ0n) is 18.4. The van der Waals surface area contributed by atoms with E-state index in [2.05, 4.69) is 21.7 Å². The highest BCUT2D eigenvalue weighted by Crippen LogP contribution is 2.32. The van der Waals surface area contributed by atoms with Crippen molar-refractivity contribution in [2.75, 3.05) is 44.9 Å². The van der Waals surface area contributed by atoms with E-state index < -0.39 is 0 Å². The van der Waals surface area contributed by atoms with E-state index in [1.807, 2.05) is 30.3 Å². The Morgan fingerprint density at radius 1 is 1.23 bits per heavy atom. The molecule has 1 aliphatic carbocycles. The van der Waals surface area contributed by atoms with Gasteiger partial charge in [-0.05, 0) is 44.2 Å². The summed E-state index contributed by atoms with van der Waals surface area (Å²) in [5, 5.41) is 4.78. The predicted molar refractivity (Wildman–Crippen MR) is 120 cm³/mol. The summed E-state index contributed by atoms with van der Waals surface area (Å²) in [6.07, 6.45) is 8.08. The SMILES string of the molecule is COCCN1CC(C(=O)NCCC2=CCCCC2)C2NN(c3ccccc3)C(=O)C2C1. The van der Waals surface area contributed by atoms with E-state index in [4.69, 9.17) is 4.74 Å². The number of nitrogens with one attached hydrogen (secondary N) is 2. The normalized spacial score (nSPS) is 26.5. The third-order valence-corrected chi connectivity index (χ3v) is 6.69. The first kappa shape index (κ1) is 22.0. The zero-order chi connectivity index (χ0) is 21.6. The van der Waals surface area contributed by atoms with Gasteiger partial charge in [0, 0.05) is 33.3 Å². The summed E-state index contributed by atoms with van der Waals surface area (Å²) in [7, 11) is 1.68. The summed E-state index contributed by atoms with van der Waals surface area (Å²) >= 11 is 0. The van der Waals surface area contributed by atoms with Crippen molar-refractivity contribution in [1.82, 2.24) is 15.6 Å². The maximum atomic E-state index is 13.2. The van der Waals surface area contributed by atoms with Crippen molar-refractivity contribution in [1.29, 1.82) is 0 Å². The average molecular weight is 427 g/mol. The molecule has 0 aromatic heterocycles. The fraction of sp³-hybridized carbons (Fsp3) is 0.583. The van der Waals surface area contributed by atoms with Crippen LogP contribution in [0.1, 0.15) is 32.1 Å². The summed E-state index contributed by atoms with van der Waals surface area (Å²) in [6.45, 7) is 3.23. The van der Waals surface area contributed by atoms with Gasteiger partial charge >= 0.3 is 0 Å². The van der Waals surface area contributed by atoms with E-state index in [0.717, 1.165) is 31.5 Å². The fourth-order valence-corrected chi connectivity index (χ4v) is 4.97. The molecule has 0 radical (unpaired) electrons. The zero-order valence-corrected chi connectivity index (χ0v) is 18.4. The molecule has 2 amide bonds. The van der Waals surface area contributed by atoms with Crippen LogP contribution in [0.25, 0.3) is 0 Å². The van der Waals surface area contributed by atoms with Gasteiger partial charge in [0.05, 0.1) is 30.2 Å². The Hall–Kier alpha value is -2.22. The van der Waals surface area contributed by atoms with Crippen LogP contribution in [0, 0.1) is 11.8 Å². The minimum absolute atomic E-state index is 0.0310. The number of para-hydroxylation sites is 1. The van der Waals surface area contributed by atoms with Crippen molar-refractivity contribution in [2.24, 2.45) is 11.8 Å². The molecule has 2 aliphatic heterocycles. The second-order valence-electron chi connectivity index (χ2n) is 8.78. The number of rotatable bonds is 8. The van der Waals surface area contributed by atoms with Crippen LogP contribution >= 0.6 is 0 Å². The summed E-state index contributed by atoms with van der Waals surface area (Å²) in [5.41, 5.74) is 5.63. The largest absolute Gasteiger partial charge is 0.383 e. The summed E-state index contributed by atoms with van der Waals surface area (Å²) in [6, 6.07) is 9.40. The molecule has 2 N–H and O–H groups in total. The van der Waals surface area contributed by atoms with Crippen LogP contribution in [-0.4, -0.2) is 62.7 Å². The lowest BCUT2D eigenvalue weighted by atomic mass is 9.84. The molecule has 3 aliphatic rings. The molecule has 7 nitrogen and oxygen atoms in total. The minimum atomic E-state index is -0.284. The second kappa shape index (κ2) is 10.4. The Labute approximate surface area is 184 Å². The van der Waals surface area contributed by atoms with Gasteiger partial charge in [-0.25, -0.2) is 10.4 Å². The first-order chi connectivity index (χ1) is 15.2. The number of hydrogen-bond acceptors (Lipinski definition) is 5. The first-order valence-electron chi connectivity index (χ1n) is 11.5. The van der Waals surface area contributed by atoms with Crippen molar-refractivity contribution in [3.05, 3.63) is 42.0 Å². The Kier molecular flexibility index (Phi) is 7.37. The van der Waals surface area contributed by atoms with E-state index >= 15 is 0 Å². The second-order valence-corrected chi connectivity index (χ2v) is 8.78. The number of amides is 2. The van der Waals surface area contributed by atoms with Gasteiger partial charge in [0.25, 0.3) is 0 Å². The third kappa shape index (κ3) is 5.17. The number of carbonyl (C=O) groups excluding carboxylic acids is 2. The number of allylic oxidation sites excluding steroid dienone is 1. The van der Waals surface area contributed by atoms with E-state index in [9.17, 15) is 9.59 Å². The van der Waals surface area contributed by atoms with Crippen LogP contribution in [-0.2, 0) is 14.3 Å². The van der Waals surface area contributed by atoms with Crippen LogP contribution in [0.2, 0.25) is 0 Å². The van der Waals surface area contributed by atoms with Gasteiger partial charge in [-0.15, -0.1) is 0 Å². The number of carbonyl (C=O) groups is 2. The van der Waals surface area contributed by atoms with Gasteiger partial charge in [0.1, 0.15) is 0 Å². The Morgan fingerprint density at radius 3 is 2.81 bits per heavy atom. The molecule has 2 saturated heterocycles. The lowest BCUT2D eigenvalue weighted by Gasteiger charge is -2.38. The first-order valence-corrected chi connectivity index (χ1v) is 11.5. The number of hydrazine groups is 1. The quantitative estimate of drug-likeness (QED) is 0.623. The number of ether oxygens (including phenoxy) is 1. The summed E-state index contributed by atoms with van der Waals surface area (Å²) in [5.74, 6) is -0.469. The maximum absolute atomic E-state index is 13.2. The molecule has 0 spiro atoms. The number of likely N-dealkylation sites (tertiary alicyclic amines) is 1. The summed E-state index contributed by atoms with van der Waals surface area (Å²) in [4.78, 5) is 28.6. The molecule has 0 bridgehead atoms. The minimum Gasteiger partial charge on any atom is -0.383 e. The topological polar surface area (TPSA) is 73.9 Å². The highest BCUT2D eigenvalue weighted by Gasteiger charge is 2.50. The van der Waals surface area contributed by atoms with Gasteiger partial charge in [-0.2, -0.15) is 0 Å². The molecule has 1 aromatic carbocycles. The van der Waals surface area contributed by atoms with Crippen LogP contribution in [0.4, 0.5) is 5.69 Å². The van der Waals surface area contributed by atoms with E-state index in [0.29, 0.717) is 26.2 Å². The van der Waals surface area contributed by atoms with Crippen molar-refractivity contribution < 1.29 is 14.3 Å². The number of methoxy groups -OCH3 is 1. The Bertz CT molecular complexity index is 797. The number of hydrogen-bond donors (Lipinski definition) is 2. The van der Waals surface area contributed by atoms with E-state index in [1.165, 1.54) is 18.4 Å². The van der Waals surface area contributed by atoms with E-state index in [1.54, 1.807) is 12.1 Å². The van der Waals surface area contributed by atoms with Crippen LogP contribution in [0.3, 0.4) is 0 Å². The average Bonchev–Trinajstić information content (AvgIpc) is 3.15. The molecule has 1 aromatic rings. The smallest absolute Gasteiger partial charge is 0.247 e. The lowest BCUT2D eigenvalue weighted by Crippen LogP contribution is -2.57. The molecular weight excluding hydrogens is 392 g/mol. The predicted octanol–water partition coefficient (Wildman–Crippen LogP) is 2.11. The van der Waals surface area contributed by atoms with Gasteiger partial charge in [-0.1, -0.05) is 29.8 Å². The molecule has 0 saturated carbocycles. The fourth-order valence-electron chi connectivity index (χ4n) is 4.97. The van der Waals surface area contributed by atoms with Gasteiger partial charge in [0.15, 0.2) is 0 Å². The van der Waals surface area contributed by atoms with Crippen molar-refractivity contribution in [3.8, 4) is 0 Å². The van der Waals surface area contributed by atoms with Crippen molar-refractivity contribution in [2.45, 2.75) is 38.1 Å².